The van der Waals surface area contributed by atoms with Crippen LogP contribution >= 0.6 is 15.9 Å². The highest BCUT2D eigenvalue weighted by molar-refractivity contribution is 9.10. The Morgan fingerprint density at radius 3 is 3.00 bits per heavy atom. The lowest BCUT2D eigenvalue weighted by atomic mass is 10.3. The van der Waals surface area contributed by atoms with Crippen molar-refractivity contribution >= 4 is 27.0 Å². The van der Waals surface area contributed by atoms with E-state index < -0.39 is 0 Å². The van der Waals surface area contributed by atoms with Crippen molar-refractivity contribution in [3.05, 3.63) is 28.2 Å². The Morgan fingerprint density at radius 1 is 1.47 bits per heavy atom. The smallest absolute Gasteiger partial charge is 0.139 e. The van der Waals surface area contributed by atoms with Crippen molar-refractivity contribution in [1.29, 1.82) is 0 Å². The maximum absolute atomic E-state index is 13.2. The summed E-state index contributed by atoms with van der Waals surface area (Å²) in [6.07, 6.45) is 1.67. The fourth-order valence-corrected chi connectivity index (χ4v) is 1.78. The van der Waals surface area contributed by atoms with Crippen molar-refractivity contribution in [2.24, 2.45) is 5.73 Å². The van der Waals surface area contributed by atoms with E-state index in [9.17, 15) is 4.39 Å². The quantitative estimate of drug-likeness (QED) is 0.901. The molecule has 3 nitrogen and oxygen atoms in total. The van der Waals surface area contributed by atoms with E-state index in [4.69, 9.17) is 5.73 Å². The molecule has 0 fully saturated rings. The van der Waals surface area contributed by atoms with Crippen molar-refractivity contribution in [3.8, 4) is 0 Å². The maximum Gasteiger partial charge on any atom is 0.139 e. The van der Waals surface area contributed by atoms with Crippen LogP contribution in [-0.2, 0) is 6.42 Å². The zero-order valence-electron chi connectivity index (χ0n) is 8.06. The van der Waals surface area contributed by atoms with Crippen LogP contribution < -0.4 is 5.73 Å². The molecule has 0 amide bonds. The topological polar surface area (TPSA) is 54.7 Å². The molecule has 0 spiro atoms. The number of fused-ring (bicyclic) bond motifs is 1. The molecule has 1 aromatic carbocycles. The summed E-state index contributed by atoms with van der Waals surface area (Å²) < 4.78 is 13.6. The number of halogens is 2. The van der Waals surface area contributed by atoms with Gasteiger partial charge in [0.2, 0.25) is 0 Å². The molecule has 1 aromatic heterocycles. The summed E-state index contributed by atoms with van der Waals surface area (Å²) >= 11 is 3.13. The summed E-state index contributed by atoms with van der Waals surface area (Å²) in [5.41, 5.74) is 6.91. The Morgan fingerprint density at radius 2 is 2.27 bits per heavy atom. The Balaban J connectivity index is 2.38. The number of nitrogens with two attached hydrogens (primary N) is 1. The molecule has 80 valence electrons. The summed E-state index contributed by atoms with van der Waals surface area (Å²) in [5, 5.41) is 0. The number of aromatic amines is 1. The van der Waals surface area contributed by atoms with Crippen LogP contribution in [0.15, 0.2) is 16.6 Å². The van der Waals surface area contributed by atoms with Crippen LogP contribution in [0.1, 0.15) is 12.2 Å². The third-order valence-corrected chi connectivity index (χ3v) is 2.80. The molecule has 0 saturated carbocycles. The van der Waals surface area contributed by atoms with Gasteiger partial charge in [-0.15, -0.1) is 0 Å². The molecule has 1 heterocycles. The first-order chi connectivity index (χ1) is 7.20. The molecule has 0 aliphatic heterocycles. The first kappa shape index (κ1) is 10.6. The lowest BCUT2D eigenvalue weighted by Gasteiger charge is -1.92. The average Bonchev–Trinajstić information content (AvgIpc) is 2.58. The van der Waals surface area contributed by atoms with Gasteiger partial charge >= 0.3 is 0 Å². The number of aromatic nitrogens is 2. The van der Waals surface area contributed by atoms with Crippen molar-refractivity contribution in [3.63, 3.8) is 0 Å². The fourth-order valence-electron chi connectivity index (χ4n) is 1.45. The Hall–Kier alpha value is -0.940. The molecular formula is C10H11BrFN3. The van der Waals surface area contributed by atoms with Crippen LogP contribution in [0.2, 0.25) is 0 Å². The zero-order valence-corrected chi connectivity index (χ0v) is 9.64. The lowest BCUT2D eigenvalue weighted by molar-refractivity contribution is 0.623. The minimum absolute atomic E-state index is 0.281. The Kier molecular flexibility index (Phi) is 3.02. The van der Waals surface area contributed by atoms with Gasteiger partial charge in [-0.2, -0.15) is 0 Å². The van der Waals surface area contributed by atoms with Gasteiger partial charge in [0.1, 0.15) is 11.6 Å². The van der Waals surface area contributed by atoms with Crippen LogP contribution in [0.5, 0.6) is 0 Å². The highest BCUT2D eigenvalue weighted by Crippen LogP contribution is 2.21. The van der Waals surface area contributed by atoms with E-state index in [1.165, 1.54) is 6.07 Å². The van der Waals surface area contributed by atoms with Crippen LogP contribution in [0.3, 0.4) is 0 Å². The molecule has 5 heteroatoms. The molecule has 2 rings (SSSR count). The predicted molar refractivity (Wildman–Crippen MR) is 61.1 cm³/mol. The van der Waals surface area contributed by atoms with Gasteiger partial charge in [-0.25, -0.2) is 9.37 Å². The summed E-state index contributed by atoms with van der Waals surface area (Å²) in [6, 6.07) is 3.12. The molecule has 0 aliphatic carbocycles. The summed E-state index contributed by atoms with van der Waals surface area (Å²) in [4.78, 5) is 7.42. The molecule has 0 atom stereocenters. The maximum atomic E-state index is 13.2. The number of nitrogens with one attached hydrogen (secondary N) is 1. The fraction of sp³-hybridized carbons (Fsp3) is 0.300. The lowest BCUT2D eigenvalue weighted by Crippen LogP contribution is -2.01. The molecule has 2 aromatic rings. The van der Waals surface area contributed by atoms with E-state index >= 15 is 0 Å². The second kappa shape index (κ2) is 4.28. The summed E-state index contributed by atoms with van der Waals surface area (Å²) in [6.45, 7) is 0.634. The number of H-pyrrole nitrogens is 1. The monoisotopic (exact) mass is 271 g/mol. The van der Waals surface area contributed by atoms with Crippen molar-refractivity contribution in [2.45, 2.75) is 12.8 Å². The average molecular weight is 272 g/mol. The van der Waals surface area contributed by atoms with Gasteiger partial charge in [-0.1, -0.05) is 0 Å². The van der Waals surface area contributed by atoms with Gasteiger partial charge in [0.05, 0.1) is 15.5 Å². The van der Waals surface area contributed by atoms with Gasteiger partial charge in [-0.05, 0) is 35.0 Å². The number of hydrogen-bond acceptors (Lipinski definition) is 2. The van der Waals surface area contributed by atoms with Crippen molar-refractivity contribution < 1.29 is 4.39 Å². The minimum Gasteiger partial charge on any atom is -0.342 e. The molecule has 0 bridgehead atoms. The SMILES string of the molecule is NCCCc1nc2cc(Br)c(F)cc2[nH]1. The number of imidazole rings is 1. The van der Waals surface area contributed by atoms with E-state index in [2.05, 4.69) is 25.9 Å². The predicted octanol–water partition coefficient (Wildman–Crippen LogP) is 2.36. The van der Waals surface area contributed by atoms with Crippen LogP contribution in [0.4, 0.5) is 4.39 Å². The van der Waals surface area contributed by atoms with E-state index in [1.807, 2.05) is 0 Å². The number of rotatable bonds is 3. The summed E-state index contributed by atoms with van der Waals surface area (Å²) in [5.74, 6) is 0.574. The summed E-state index contributed by atoms with van der Waals surface area (Å²) in [7, 11) is 0. The second-order valence-electron chi connectivity index (χ2n) is 3.36. The molecule has 0 saturated heterocycles. The van der Waals surface area contributed by atoms with Gasteiger partial charge in [0, 0.05) is 12.5 Å². The van der Waals surface area contributed by atoms with E-state index in [-0.39, 0.29) is 5.82 Å². The number of hydrogen-bond donors (Lipinski definition) is 2. The third kappa shape index (κ3) is 2.18. The van der Waals surface area contributed by atoms with Crippen LogP contribution in [0, 0.1) is 5.82 Å². The van der Waals surface area contributed by atoms with Gasteiger partial charge in [0.15, 0.2) is 0 Å². The highest BCUT2D eigenvalue weighted by atomic mass is 79.9. The van der Waals surface area contributed by atoms with Gasteiger partial charge < -0.3 is 10.7 Å². The number of aryl methyl sites for hydroxylation is 1. The zero-order chi connectivity index (χ0) is 10.8. The first-order valence-electron chi connectivity index (χ1n) is 4.74. The van der Waals surface area contributed by atoms with Crippen LogP contribution in [0.25, 0.3) is 11.0 Å². The van der Waals surface area contributed by atoms with Crippen molar-refractivity contribution in [1.82, 2.24) is 9.97 Å². The van der Waals surface area contributed by atoms with E-state index in [1.54, 1.807) is 6.07 Å². The van der Waals surface area contributed by atoms with Gasteiger partial charge in [-0.3, -0.25) is 0 Å². The largest absolute Gasteiger partial charge is 0.342 e. The number of nitrogens with zero attached hydrogens (tertiary/aromatic N) is 1. The molecule has 15 heavy (non-hydrogen) atoms. The van der Waals surface area contributed by atoms with Crippen LogP contribution in [-0.4, -0.2) is 16.5 Å². The normalized spacial score (nSPS) is 11.1. The second-order valence-corrected chi connectivity index (χ2v) is 4.21. The molecule has 0 radical (unpaired) electrons. The molecule has 0 unspecified atom stereocenters. The first-order valence-corrected chi connectivity index (χ1v) is 5.53. The Labute approximate surface area is 95.0 Å². The molecular weight excluding hydrogens is 261 g/mol. The van der Waals surface area contributed by atoms with Crippen molar-refractivity contribution in [2.75, 3.05) is 6.54 Å². The third-order valence-electron chi connectivity index (χ3n) is 2.19. The standard InChI is InChI=1S/C10H11BrFN3/c11-6-4-8-9(5-7(6)12)15-10(14-8)2-1-3-13/h4-5H,1-3,13H2,(H,14,15). The highest BCUT2D eigenvalue weighted by Gasteiger charge is 2.06. The van der Waals surface area contributed by atoms with E-state index in [0.29, 0.717) is 11.0 Å². The molecule has 3 N–H and O–H groups in total. The van der Waals surface area contributed by atoms with E-state index in [0.717, 1.165) is 29.7 Å². The minimum atomic E-state index is -0.281. The molecule has 0 aliphatic rings. The number of benzene rings is 1. The van der Waals surface area contributed by atoms with Gasteiger partial charge in [0.25, 0.3) is 0 Å². The Bertz CT molecular complexity index is 442.